The van der Waals surface area contributed by atoms with Gasteiger partial charge in [-0.15, -0.1) is 0 Å². The van der Waals surface area contributed by atoms with Gasteiger partial charge in [-0.25, -0.2) is 0 Å². The Kier molecular flexibility index (Phi) is 6.63. The minimum Gasteiger partial charge on any atom is -0.333 e. The van der Waals surface area contributed by atoms with E-state index in [9.17, 15) is 10.5 Å². The summed E-state index contributed by atoms with van der Waals surface area (Å²) in [6, 6.07) is 45.7. The fraction of sp³-hybridized carbons (Fsp3) is 0.136. The first-order valence-electron chi connectivity index (χ1n) is 16.7. The van der Waals surface area contributed by atoms with Gasteiger partial charge in [0.05, 0.1) is 29.3 Å². The maximum atomic E-state index is 9.94. The first-order chi connectivity index (χ1) is 23.7. The van der Waals surface area contributed by atoms with Crippen molar-refractivity contribution >= 4 is 28.4 Å². The largest absolute Gasteiger partial charge is 0.333 e. The molecule has 6 aromatic rings. The molecule has 2 aliphatic carbocycles. The van der Waals surface area contributed by atoms with Crippen LogP contribution >= 0.6 is 0 Å². The van der Waals surface area contributed by atoms with Gasteiger partial charge in [0.25, 0.3) is 0 Å². The number of fused-ring (bicyclic) bond motifs is 6. The SMILES string of the molecule is N#CC1=CC2C(CC1)c1ccccc1N2c1ccc(C#N)cc1-c1cccc(-c2ccc(-n3c4c(c5ccccc53)CCC=C4)cc2)c1. The van der Waals surface area contributed by atoms with E-state index in [1.54, 1.807) is 0 Å². The van der Waals surface area contributed by atoms with Gasteiger partial charge >= 0.3 is 0 Å². The van der Waals surface area contributed by atoms with Crippen LogP contribution in [0, 0.1) is 22.7 Å². The zero-order valence-corrected chi connectivity index (χ0v) is 26.5. The standard InChI is InChI=1S/C44H32N4/c45-27-29-17-23-43(48-42-15-6-3-12-37(42)38-22-16-30(28-46)25-44(38)48)39(24-29)33-9-7-8-32(26-33)31-18-20-34(21-19-31)47-40-13-4-1-10-35(40)36-11-2-5-14-41(36)47/h1,3-10,12-15,17-21,23-26,38,44H,2,11,16,22H2. The van der Waals surface area contributed by atoms with E-state index < -0.39 is 0 Å². The summed E-state index contributed by atoms with van der Waals surface area (Å²) < 4.78 is 2.39. The highest BCUT2D eigenvalue weighted by molar-refractivity contribution is 5.91. The molecule has 48 heavy (non-hydrogen) atoms. The summed E-state index contributed by atoms with van der Waals surface area (Å²) in [5.41, 5.74) is 14.5. The van der Waals surface area contributed by atoms with Crippen molar-refractivity contribution in [2.24, 2.45) is 0 Å². The number of nitriles is 2. The maximum absolute atomic E-state index is 9.94. The van der Waals surface area contributed by atoms with E-state index in [2.05, 4.69) is 143 Å². The van der Waals surface area contributed by atoms with Gasteiger partial charge in [-0.1, -0.05) is 72.8 Å². The van der Waals surface area contributed by atoms with Crippen molar-refractivity contribution in [3.63, 3.8) is 0 Å². The average molecular weight is 617 g/mol. The summed E-state index contributed by atoms with van der Waals surface area (Å²) in [6.45, 7) is 0. The highest BCUT2D eigenvalue weighted by atomic mass is 15.2. The van der Waals surface area contributed by atoms with Crippen molar-refractivity contribution in [2.75, 3.05) is 4.90 Å². The zero-order valence-electron chi connectivity index (χ0n) is 26.5. The molecule has 2 unspecified atom stereocenters. The van der Waals surface area contributed by atoms with Crippen LogP contribution in [0.4, 0.5) is 11.4 Å². The molecule has 0 saturated carbocycles. The van der Waals surface area contributed by atoms with Gasteiger partial charge in [0.2, 0.25) is 0 Å². The summed E-state index contributed by atoms with van der Waals surface area (Å²) in [7, 11) is 0. The summed E-state index contributed by atoms with van der Waals surface area (Å²) in [6.07, 6.45) is 10.6. The van der Waals surface area contributed by atoms with Gasteiger partial charge in [0.15, 0.2) is 0 Å². The molecule has 4 nitrogen and oxygen atoms in total. The number of anilines is 2. The Morgan fingerprint density at radius 1 is 0.688 bits per heavy atom. The predicted molar refractivity (Wildman–Crippen MR) is 194 cm³/mol. The van der Waals surface area contributed by atoms with Crippen molar-refractivity contribution in [1.29, 1.82) is 10.5 Å². The van der Waals surface area contributed by atoms with E-state index in [1.165, 1.54) is 33.4 Å². The molecule has 2 atom stereocenters. The van der Waals surface area contributed by atoms with Gasteiger partial charge < -0.3 is 9.47 Å². The van der Waals surface area contributed by atoms with E-state index in [0.29, 0.717) is 11.5 Å². The van der Waals surface area contributed by atoms with Crippen LogP contribution in [0.2, 0.25) is 0 Å². The molecule has 0 bridgehead atoms. The number of aromatic nitrogens is 1. The molecule has 0 saturated heterocycles. The number of benzene rings is 5. The van der Waals surface area contributed by atoms with Crippen molar-refractivity contribution < 1.29 is 0 Å². The van der Waals surface area contributed by atoms with E-state index in [4.69, 9.17) is 0 Å². The number of hydrogen-bond donors (Lipinski definition) is 0. The first kappa shape index (κ1) is 28.1. The molecular weight excluding hydrogens is 585 g/mol. The normalized spacial score (nSPS) is 17.6. The molecular formula is C44H32N4. The van der Waals surface area contributed by atoms with Crippen molar-refractivity contribution in [2.45, 2.75) is 37.6 Å². The molecule has 228 valence electrons. The second-order valence-corrected chi connectivity index (χ2v) is 13.0. The minimum absolute atomic E-state index is 0.0542. The number of nitrogens with zero attached hydrogens (tertiary/aromatic N) is 4. The Hall–Kier alpha value is -6.10. The number of rotatable bonds is 4. The van der Waals surface area contributed by atoms with Crippen LogP contribution < -0.4 is 4.90 Å². The Bertz CT molecular complexity index is 2390. The van der Waals surface area contributed by atoms with Gasteiger partial charge in [0, 0.05) is 45.2 Å². The van der Waals surface area contributed by atoms with Gasteiger partial charge in [-0.05, 0) is 114 Å². The van der Waals surface area contributed by atoms with Crippen LogP contribution in [0.15, 0.2) is 133 Å². The number of allylic oxidation sites excluding steroid dienone is 2. The molecule has 2 heterocycles. The molecule has 9 rings (SSSR count). The Morgan fingerprint density at radius 3 is 2.40 bits per heavy atom. The van der Waals surface area contributed by atoms with E-state index in [1.807, 2.05) is 12.1 Å². The summed E-state index contributed by atoms with van der Waals surface area (Å²) in [5.74, 6) is 0.324. The molecule has 0 spiro atoms. The third-order valence-electron chi connectivity index (χ3n) is 10.4. The minimum atomic E-state index is 0.0542. The van der Waals surface area contributed by atoms with E-state index in [-0.39, 0.29) is 6.04 Å². The summed E-state index contributed by atoms with van der Waals surface area (Å²) >= 11 is 0. The summed E-state index contributed by atoms with van der Waals surface area (Å²) in [4.78, 5) is 2.39. The third kappa shape index (κ3) is 4.42. The van der Waals surface area contributed by atoms with Crippen LogP contribution in [0.5, 0.6) is 0 Å². The lowest BCUT2D eigenvalue weighted by Crippen LogP contribution is -2.31. The first-order valence-corrected chi connectivity index (χ1v) is 16.7. The molecule has 5 aromatic carbocycles. The van der Waals surface area contributed by atoms with Crippen molar-refractivity contribution in [3.8, 4) is 40.1 Å². The van der Waals surface area contributed by atoms with Gasteiger partial charge in [-0.3, -0.25) is 0 Å². The quantitative estimate of drug-likeness (QED) is 0.198. The maximum Gasteiger partial charge on any atom is 0.0991 e. The second kappa shape index (κ2) is 11.3. The van der Waals surface area contributed by atoms with Crippen LogP contribution in [0.25, 0.3) is 44.9 Å². The Morgan fingerprint density at radius 2 is 1.52 bits per heavy atom. The fourth-order valence-electron chi connectivity index (χ4n) is 8.23. The molecule has 0 fully saturated rings. The number of hydrogen-bond acceptors (Lipinski definition) is 3. The fourth-order valence-corrected chi connectivity index (χ4v) is 8.23. The second-order valence-electron chi connectivity index (χ2n) is 13.0. The summed E-state index contributed by atoms with van der Waals surface area (Å²) in [5, 5.41) is 21.1. The molecule has 1 aromatic heterocycles. The van der Waals surface area contributed by atoms with Crippen LogP contribution in [-0.2, 0) is 6.42 Å². The van der Waals surface area contributed by atoms with E-state index in [0.717, 1.165) is 64.9 Å². The molecule has 0 N–H and O–H groups in total. The molecule has 0 amide bonds. The van der Waals surface area contributed by atoms with Crippen molar-refractivity contribution in [3.05, 3.63) is 155 Å². The smallest absolute Gasteiger partial charge is 0.0991 e. The van der Waals surface area contributed by atoms with E-state index >= 15 is 0 Å². The Labute approximate surface area is 280 Å². The van der Waals surface area contributed by atoms with Crippen LogP contribution in [-0.4, -0.2) is 10.6 Å². The van der Waals surface area contributed by atoms with Gasteiger partial charge in [0.1, 0.15) is 0 Å². The molecule has 3 aliphatic rings. The predicted octanol–water partition coefficient (Wildman–Crippen LogP) is 10.6. The zero-order chi connectivity index (χ0) is 32.2. The number of aryl methyl sites for hydroxylation is 1. The Balaban J connectivity index is 1.13. The lowest BCUT2D eigenvalue weighted by molar-refractivity contribution is 0.564. The molecule has 4 heteroatoms. The highest BCUT2D eigenvalue weighted by Gasteiger charge is 2.40. The average Bonchev–Trinajstić information content (AvgIpc) is 3.67. The van der Waals surface area contributed by atoms with Crippen molar-refractivity contribution in [1.82, 2.24) is 4.57 Å². The van der Waals surface area contributed by atoms with Crippen LogP contribution in [0.1, 0.15) is 47.6 Å². The lowest BCUT2D eigenvalue weighted by Gasteiger charge is -2.32. The lowest BCUT2D eigenvalue weighted by atomic mass is 9.83. The monoisotopic (exact) mass is 616 g/mol. The highest BCUT2D eigenvalue weighted by Crippen LogP contribution is 2.52. The van der Waals surface area contributed by atoms with Crippen LogP contribution in [0.3, 0.4) is 0 Å². The van der Waals surface area contributed by atoms with Gasteiger partial charge in [-0.2, -0.15) is 10.5 Å². The molecule has 1 aliphatic heterocycles. The third-order valence-corrected chi connectivity index (χ3v) is 10.4. The number of para-hydroxylation sites is 2. The molecule has 0 radical (unpaired) electrons. The topological polar surface area (TPSA) is 55.8 Å².